The Morgan fingerprint density at radius 2 is 1.75 bits per heavy atom. The number of hydrogen-bond acceptors (Lipinski definition) is 7. The maximum Gasteiger partial charge on any atom is 0.342 e. The summed E-state index contributed by atoms with van der Waals surface area (Å²) in [6, 6.07) is 4.15. The van der Waals surface area contributed by atoms with Crippen LogP contribution in [0.4, 0.5) is 0 Å². The molecule has 2 aliphatic rings. The van der Waals surface area contributed by atoms with Gasteiger partial charge in [-0.25, -0.2) is 4.79 Å². The first kappa shape index (κ1) is 14.3. The van der Waals surface area contributed by atoms with Gasteiger partial charge in [0.2, 0.25) is 0 Å². The molecule has 0 unspecified atom stereocenters. The lowest BCUT2D eigenvalue weighted by Gasteiger charge is -2.22. The van der Waals surface area contributed by atoms with Crippen molar-refractivity contribution in [3.8, 4) is 17.2 Å². The molecule has 7 heteroatoms. The number of fused-ring (bicyclic) bond motifs is 4. The number of carbonyl (C=O) groups excluding carboxylic acids is 3. The highest BCUT2D eigenvalue weighted by molar-refractivity contribution is 6.31. The smallest absolute Gasteiger partial charge is 0.342 e. The molecule has 2 aromatic carbocycles. The van der Waals surface area contributed by atoms with E-state index in [1.807, 2.05) is 0 Å². The summed E-state index contributed by atoms with van der Waals surface area (Å²) in [6.45, 7) is -0.240. The number of hydrogen-bond donors (Lipinski definition) is 2. The van der Waals surface area contributed by atoms with Gasteiger partial charge in [0, 0.05) is 16.7 Å². The van der Waals surface area contributed by atoms with Crippen molar-refractivity contribution in [3.05, 3.63) is 51.6 Å². The van der Waals surface area contributed by atoms with Crippen LogP contribution in [0.3, 0.4) is 0 Å². The minimum Gasteiger partial charge on any atom is -0.507 e. The van der Waals surface area contributed by atoms with Gasteiger partial charge in [0.05, 0.1) is 18.2 Å². The van der Waals surface area contributed by atoms with Gasteiger partial charge in [0.15, 0.2) is 23.1 Å². The lowest BCUT2D eigenvalue weighted by molar-refractivity contribution is 0.0531. The molecule has 0 saturated carbocycles. The molecule has 0 atom stereocenters. The van der Waals surface area contributed by atoms with Crippen molar-refractivity contribution in [2.24, 2.45) is 0 Å². The second-order valence-corrected chi connectivity index (χ2v) is 5.42. The van der Waals surface area contributed by atoms with Crippen molar-refractivity contribution in [3.63, 3.8) is 0 Å². The van der Waals surface area contributed by atoms with Crippen molar-refractivity contribution in [2.45, 2.75) is 6.61 Å². The minimum atomic E-state index is -0.799. The Balaban J connectivity index is 2.16. The fourth-order valence-corrected chi connectivity index (χ4v) is 3.23. The van der Waals surface area contributed by atoms with Gasteiger partial charge in [0.25, 0.3) is 0 Å². The van der Waals surface area contributed by atoms with E-state index in [2.05, 4.69) is 0 Å². The Labute approximate surface area is 135 Å². The normalized spacial score (nSPS) is 14.8. The van der Waals surface area contributed by atoms with Gasteiger partial charge in [-0.15, -0.1) is 0 Å². The summed E-state index contributed by atoms with van der Waals surface area (Å²) in [5, 5.41) is 20.3. The van der Waals surface area contributed by atoms with Crippen molar-refractivity contribution in [2.75, 3.05) is 7.11 Å². The zero-order valence-electron chi connectivity index (χ0n) is 12.4. The van der Waals surface area contributed by atoms with Gasteiger partial charge < -0.3 is 19.7 Å². The summed E-state index contributed by atoms with van der Waals surface area (Å²) in [7, 11) is 1.22. The summed E-state index contributed by atoms with van der Waals surface area (Å²) in [5.74, 6) is -3.11. The highest BCUT2D eigenvalue weighted by Gasteiger charge is 2.42. The van der Waals surface area contributed by atoms with Crippen LogP contribution >= 0.6 is 0 Å². The molecule has 120 valence electrons. The van der Waals surface area contributed by atoms with E-state index in [4.69, 9.17) is 9.47 Å². The number of carbonyl (C=O) groups is 3. The molecule has 0 fully saturated rings. The first-order valence-corrected chi connectivity index (χ1v) is 7.01. The Bertz CT molecular complexity index is 972. The van der Waals surface area contributed by atoms with Crippen LogP contribution in [0, 0.1) is 0 Å². The second-order valence-electron chi connectivity index (χ2n) is 5.42. The van der Waals surface area contributed by atoms with Gasteiger partial charge in [-0.3, -0.25) is 9.59 Å². The predicted molar refractivity (Wildman–Crippen MR) is 78.8 cm³/mol. The Hall–Kier alpha value is -3.35. The fraction of sp³-hybridized carbons (Fsp3) is 0.118. The maximum atomic E-state index is 12.9. The monoisotopic (exact) mass is 326 g/mol. The summed E-state index contributed by atoms with van der Waals surface area (Å²) in [4.78, 5) is 37.6. The molecule has 0 amide bonds. The molecule has 7 nitrogen and oxygen atoms in total. The van der Waals surface area contributed by atoms with Gasteiger partial charge in [-0.05, 0) is 6.07 Å². The highest BCUT2D eigenvalue weighted by atomic mass is 16.5. The number of phenolic OH excluding ortho intramolecular Hbond substituents is 2. The van der Waals surface area contributed by atoms with Crippen LogP contribution in [-0.4, -0.2) is 34.9 Å². The average molecular weight is 326 g/mol. The lowest BCUT2D eigenvalue weighted by Crippen LogP contribution is -2.24. The first-order valence-electron chi connectivity index (χ1n) is 7.01. The number of methoxy groups -OCH3 is 1. The first-order chi connectivity index (χ1) is 11.5. The van der Waals surface area contributed by atoms with Crippen LogP contribution in [0.2, 0.25) is 0 Å². The topological polar surface area (TPSA) is 110 Å². The summed E-state index contributed by atoms with van der Waals surface area (Å²) >= 11 is 0. The summed E-state index contributed by atoms with van der Waals surface area (Å²) < 4.78 is 9.98. The number of ketones is 2. The zero-order valence-corrected chi connectivity index (χ0v) is 12.4. The molecular formula is C17H10O7. The second kappa shape index (κ2) is 4.58. The van der Waals surface area contributed by atoms with E-state index in [1.54, 1.807) is 0 Å². The Kier molecular flexibility index (Phi) is 2.72. The summed E-state index contributed by atoms with van der Waals surface area (Å²) in [6.07, 6.45) is 0. The molecule has 0 aromatic heterocycles. The molecule has 2 N–H and O–H groups in total. The number of cyclic esters (lactones) is 1. The standard InChI is InChI=1S/C17H10O7/c1-23-16-12-10(7-5-24-17(22)11(7)15(16)21)14(20)9-6(13(12)19)3-2-4-8(9)18/h2-4,18,21H,5H2,1H3. The molecule has 24 heavy (non-hydrogen) atoms. The number of aromatic hydroxyl groups is 2. The Morgan fingerprint density at radius 3 is 2.46 bits per heavy atom. The molecule has 1 heterocycles. The highest BCUT2D eigenvalue weighted by Crippen LogP contribution is 2.47. The van der Waals surface area contributed by atoms with E-state index in [0.717, 1.165) is 0 Å². The largest absolute Gasteiger partial charge is 0.507 e. The molecule has 0 spiro atoms. The SMILES string of the molecule is COc1c(O)c2c(c3c1C(=O)c1cccc(O)c1C3=O)COC2=O. The minimum absolute atomic E-state index is 0.00962. The third-order valence-corrected chi connectivity index (χ3v) is 4.26. The third kappa shape index (κ3) is 1.53. The van der Waals surface area contributed by atoms with E-state index < -0.39 is 23.3 Å². The van der Waals surface area contributed by atoms with Crippen LogP contribution < -0.4 is 4.74 Å². The van der Waals surface area contributed by atoms with Crippen molar-refractivity contribution < 1.29 is 34.1 Å². The molecule has 1 aliphatic heterocycles. The molecule has 1 aliphatic carbocycles. The number of phenols is 2. The van der Waals surface area contributed by atoms with E-state index in [9.17, 15) is 24.6 Å². The summed E-state index contributed by atoms with van der Waals surface area (Å²) in [5.41, 5.74) is -0.398. The fourth-order valence-electron chi connectivity index (χ4n) is 3.23. The number of benzene rings is 2. The number of rotatable bonds is 1. The van der Waals surface area contributed by atoms with Crippen LogP contribution in [0.1, 0.15) is 47.8 Å². The quantitative estimate of drug-likeness (QED) is 0.653. The molecule has 2 aromatic rings. The molecule has 0 saturated heterocycles. The van der Waals surface area contributed by atoms with Crippen LogP contribution in [0.5, 0.6) is 17.2 Å². The predicted octanol–water partition coefficient (Wildman–Crippen LogP) is 1.55. The lowest BCUT2D eigenvalue weighted by atomic mass is 9.79. The molecule has 4 rings (SSSR count). The van der Waals surface area contributed by atoms with E-state index in [-0.39, 0.29) is 51.5 Å². The zero-order chi connectivity index (χ0) is 17.2. The number of esters is 1. The third-order valence-electron chi connectivity index (χ3n) is 4.26. The Morgan fingerprint density at radius 1 is 1.00 bits per heavy atom. The maximum absolute atomic E-state index is 12.9. The number of ether oxygens (including phenoxy) is 2. The van der Waals surface area contributed by atoms with Gasteiger partial charge >= 0.3 is 5.97 Å². The molecular weight excluding hydrogens is 316 g/mol. The van der Waals surface area contributed by atoms with E-state index >= 15 is 0 Å². The van der Waals surface area contributed by atoms with Crippen molar-refractivity contribution in [1.29, 1.82) is 0 Å². The van der Waals surface area contributed by atoms with Gasteiger partial charge in [0.1, 0.15) is 17.9 Å². The van der Waals surface area contributed by atoms with Crippen LogP contribution in [0.25, 0.3) is 0 Å². The van der Waals surface area contributed by atoms with Crippen molar-refractivity contribution in [1.82, 2.24) is 0 Å². The van der Waals surface area contributed by atoms with E-state index in [0.29, 0.717) is 0 Å². The van der Waals surface area contributed by atoms with Crippen LogP contribution in [0.15, 0.2) is 18.2 Å². The van der Waals surface area contributed by atoms with Crippen molar-refractivity contribution >= 4 is 17.5 Å². The average Bonchev–Trinajstić information content (AvgIpc) is 2.94. The van der Waals surface area contributed by atoms with Gasteiger partial charge in [-0.1, -0.05) is 12.1 Å². The molecule has 0 radical (unpaired) electrons. The van der Waals surface area contributed by atoms with Gasteiger partial charge in [-0.2, -0.15) is 0 Å². The van der Waals surface area contributed by atoms with E-state index in [1.165, 1.54) is 25.3 Å². The molecule has 0 bridgehead atoms. The van der Waals surface area contributed by atoms with Crippen LogP contribution in [-0.2, 0) is 11.3 Å².